The minimum absolute atomic E-state index is 0.152. The Balaban J connectivity index is 0.000000360. The van der Waals surface area contributed by atoms with Crippen molar-refractivity contribution in [2.24, 2.45) is 11.8 Å². The second kappa shape index (κ2) is 22.4. The normalized spacial score (nSPS) is 11.9. The summed E-state index contributed by atoms with van der Waals surface area (Å²) in [6, 6.07) is 13.9. The maximum atomic E-state index is 11.4. The van der Waals surface area contributed by atoms with Crippen LogP contribution in [0, 0.1) is 11.8 Å². The quantitative estimate of drug-likeness (QED) is 0.0921. The maximum absolute atomic E-state index is 11.4. The first kappa shape index (κ1) is 47.2. The fourth-order valence-electron chi connectivity index (χ4n) is 5.68. The van der Waals surface area contributed by atoms with Crippen LogP contribution in [0.3, 0.4) is 0 Å². The summed E-state index contributed by atoms with van der Waals surface area (Å²) >= 11 is 0. The van der Waals surface area contributed by atoms with E-state index in [1.807, 2.05) is 12.5 Å². The molecule has 0 bridgehead atoms. The molecule has 10 nitrogen and oxygen atoms in total. The van der Waals surface area contributed by atoms with Crippen LogP contribution in [0.25, 0.3) is 0 Å². The van der Waals surface area contributed by atoms with Gasteiger partial charge in [0.1, 0.15) is 11.5 Å². The van der Waals surface area contributed by atoms with Gasteiger partial charge in [-0.3, -0.25) is 9.59 Å². The molecular formula is C44H68N4O6. The largest absolute Gasteiger partial charge is 0.505 e. The van der Waals surface area contributed by atoms with E-state index in [1.165, 1.54) is 33.1 Å². The average Bonchev–Trinajstić information content (AvgIpc) is 3.79. The lowest BCUT2D eigenvalue weighted by Gasteiger charge is -2.15. The van der Waals surface area contributed by atoms with E-state index in [0.29, 0.717) is 35.5 Å². The maximum Gasteiger partial charge on any atom is 0.257 e. The molecule has 4 aromatic rings. The van der Waals surface area contributed by atoms with Gasteiger partial charge in [-0.05, 0) is 84.0 Å². The summed E-state index contributed by atoms with van der Waals surface area (Å²) in [4.78, 5) is 25.6. The number of rotatable bonds is 10. The molecule has 0 saturated carbocycles. The lowest BCUT2D eigenvalue weighted by atomic mass is 9.90. The highest BCUT2D eigenvalue weighted by atomic mass is 16.3. The van der Waals surface area contributed by atoms with Gasteiger partial charge in [0, 0.05) is 40.0 Å². The first-order valence-corrected chi connectivity index (χ1v) is 18.9. The predicted molar refractivity (Wildman–Crippen MR) is 222 cm³/mol. The van der Waals surface area contributed by atoms with Crippen molar-refractivity contribution in [1.82, 2.24) is 9.80 Å². The first-order valence-electron chi connectivity index (χ1n) is 18.9. The van der Waals surface area contributed by atoms with Crippen LogP contribution in [-0.4, -0.2) is 60.0 Å². The van der Waals surface area contributed by atoms with Crippen molar-refractivity contribution in [3.63, 3.8) is 0 Å². The second-order valence-corrected chi connectivity index (χ2v) is 15.3. The second-order valence-electron chi connectivity index (χ2n) is 15.3. The van der Waals surface area contributed by atoms with Gasteiger partial charge in [0.05, 0.1) is 35.0 Å². The summed E-state index contributed by atoms with van der Waals surface area (Å²) in [5.41, 5.74) is 14.4. The molecule has 2 heterocycles. The van der Waals surface area contributed by atoms with Crippen molar-refractivity contribution < 1.29 is 28.6 Å². The number of nitrogen functional groups attached to an aromatic ring is 2. The molecule has 2 atom stereocenters. The Hall–Kier alpha value is -4.86. The van der Waals surface area contributed by atoms with Gasteiger partial charge >= 0.3 is 0 Å². The molecule has 0 unspecified atom stereocenters. The van der Waals surface area contributed by atoms with Crippen molar-refractivity contribution in [2.45, 2.75) is 106 Å². The van der Waals surface area contributed by atoms with Crippen LogP contribution in [0.15, 0.2) is 69.9 Å². The van der Waals surface area contributed by atoms with Crippen LogP contribution in [0.1, 0.15) is 149 Å². The topological polar surface area (TPSA) is 159 Å². The third-order valence-electron chi connectivity index (χ3n) is 9.24. The lowest BCUT2D eigenvalue weighted by Crippen LogP contribution is -2.21. The van der Waals surface area contributed by atoms with Crippen LogP contribution in [0.5, 0.6) is 11.5 Å². The number of hydrogen-bond donors (Lipinski definition) is 4. The fraction of sp³-hybridized carbons (Fsp3) is 0.500. The number of phenolic OH excluding ortho intramolecular Hbond substituents is 2. The smallest absolute Gasteiger partial charge is 0.257 e. The molecule has 2 amide bonds. The number of benzene rings is 2. The van der Waals surface area contributed by atoms with Crippen LogP contribution >= 0.6 is 0 Å². The van der Waals surface area contributed by atoms with Gasteiger partial charge in [0.25, 0.3) is 11.8 Å². The van der Waals surface area contributed by atoms with E-state index in [9.17, 15) is 19.8 Å². The zero-order valence-electron chi connectivity index (χ0n) is 35.2. The molecular weight excluding hydrogens is 681 g/mol. The van der Waals surface area contributed by atoms with Gasteiger partial charge in [-0.2, -0.15) is 0 Å². The first-order chi connectivity index (χ1) is 25.2. The number of nitrogens with two attached hydrogens (primary N) is 2. The molecule has 0 fully saturated rings. The standard InChI is InChI=1S/2C13H22O.2C9H12N2O2/c2*1-6-12(10(4)5)13-7-11(8-14-13)9(2)3;2*1-11(2)9(13)6-4-3-5-7(10)8(6)12/h2*7-10,12H,6H2,1-5H3;2*3-5,12H,10H2,1-2H3/t2*12-;;/m00../s1. The summed E-state index contributed by atoms with van der Waals surface area (Å²) < 4.78 is 11.3. The summed E-state index contributed by atoms with van der Waals surface area (Å²) in [7, 11) is 6.46. The Morgan fingerprint density at radius 2 is 0.926 bits per heavy atom. The number of carbonyl (C=O) groups is 2. The summed E-state index contributed by atoms with van der Waals surface area (Å²) in [5, 5.41) is 18.9. The monoisotopic (exact) mass is 749 g/mol. The van der Waals surface area contributed by atoms with E-state index >= 15 is 0 Å². The van der Waals surface area contributed by atoms with Crippen LogP contribution < -0.4 is 11.5 Å². The number of amides is 2. The molecule has 10 heteroatoms. The number of nitrogens with zero attached hydrogens (tertiary/aromatic N) is 2. The molecule has 0 radical (unpaired) electrons. The molecule has 4 rings (SSSR count). The number of aromatic hydroxyl groups is 2. The molecule has 54 heavy (non-hydrogen) atoms. The third kappa shape index (κ3) is 13.8. The van der Waals surface area contributed by atoms with Crippen molar-refractivity contribution in [1.29, 1.82) is 0 Å². The zero-order chi connectivity index (χ0) is 41.4. The SMILES string of the molecule is CC[C@H](c1cc(C(C)C)co1)C(C)C.CC[C@H](c1cc(C(C)C)co1)C(C)C.CN(C)C(=O)c1cccc(N)c1O.CN(C)C(=O)c1cccc(N)c1O. The minimum atomic E-state index is -0.259. The van der Waals surface area contributed by atoms with Gasteiger partial charge in [-0.25, -0.2) is 0 Å². The molecule has 0 aliphatic rings. The van der Waals surface area contributed by atoms with Gasteiger partial charge in [0.2, 0.25) is 0 Å². The Morgan fingerprint density at radius 1 is 0.611 bits per heavy atom. The molecule has 0 spiro atoms. The summed E-state index contributed by atoms with van der Waals surface area (Å²) in [6.07, 6.45) is 6.13. The number of para-hydroxylation sites is 2. The summed E-state index contributed by atoms with van der Waals surface area (Å²) in [6.45, 7) is 22.3. The van der Waals surface area contributed by atoms with E-state index in [2.05, 4.69) is 81.4 Å². The number of anilines is 2. The predicted octanol–water partition coefficient (Wildman–Crippen LogP) is 10.5. The highest BCUT2D eigenvalue weighted by Crippen LogP contribution is 2.32. The van der Waals surface area contributed by atoms with Crippen molar-refractivity contribution in [2.75, 3.05) is 39.7 Å². The van der Waals surface area contributed by atoms with Crippen molar-refractivity contribution in [3.05, 3.63) is 94.8 Å². The Kier molecular flexibility index (Phi) is 19.5. The van der Waals surface area contributed by atoms with Gasteiger partial charge in [-0.1, -0.05) is 81.4 Å². The lowest BCUT2D eigenvalue weighted by molar-refractivity contribution is 0.0817. The molecule has 2 aromatic heterocycles. The molecule has 6 N–H and O–H groups in total. The summed E-state index contributed by atoms with van der Waals surface area (Å²) in [5.74, 6) is 5.09. The Bertz CT molecular complexity index is 1590. The highest BCUT2D eigenvalue weighted by molar-refractivity contribution is 5.98. The van der Waals surface area contributed by atoms with Crippen molar-refractivity contribution in [3.8, 4) is 11.5 Å². The fourth-order valence-corrected chi connectivity index (χ4v) is 5.68. The zero-order valence-corrected chi connectivity index (χ0v) is 35.2. The number of carbonyl (C=O) groups excluding carboxylic acids is 2. The van der Waals surface area contributed by atoms with Crippen molar-refractivity contribution >= 4 is 23.2 Å². The van der Waals surface area contributed by atoms with E-state index in [4.69, 9.17) is 20.3 Å². The number of hydrogen-bond acceptors (Lipinski definition) is 8. The Labute approximate surface area is 324 Å². The number of phenols is 2. The average molecular weight is 749 g/mol. The number of furan rings is 2. The van der Waals surface area contributed by atoms with Crippen LogP contribution in [-0.2, 0) is 0 Å². The molecule has 0 aliphatic carbocycles. The van der Waals surface area contributed by atoms with E-state index < -0.39 is 0 Å². The molecule has 0 saturated heterocycles. The third-order valence-corrected chi connectivity index (χ3v) is 9.24. The van der Waals surface area contributed by atoms with E-state index in [0.717, 1.165) is 24.4 Å². The van der Waals surface area contributed by atoms with E-state index in [-0.39, 0.29) is 45.8 Å². The van der Waals surface area contributed by atoms with E-state index in [1.54, 1.807) is 52.5 Å². The van der Waals surface area contributed by atoms with Crippen LogP contribution in [0.4, 0.5) is 11.4 Å². The Morgan fingerprint density at radius 3 is 1.15 bits per heavy atom. The van der Waals surface area contributed by atoms with Gasteiger partial charge in [-0.15, -0.1) is 0 Å². The van der Waals surface area contributed by atoms with Gasteiger partial charge < -0.3 is 40.3 Å². The minimum Gasteiger partial charge on any atom is -0.505 e. The van der Waals surface area contributed by atoms with Crippen LogP contribution in [0.2, 0.25) is 0 Å². The highest BCUT2D eigenvalue weighted by Gasteiger charge is 2.19. The molecule has 300 valence electrons. The molecule has 2 aromatic carbocycles. The molecule has 0 aliphatic heterocycles. The van der Waals surface area contributed by atoms with Gasteiger partial charge in [0.15, 0.2) is 11.5 Å².